The summed E-state index contributed by atoms with van der Waals surface area (Å²) in [7, 11) is 0. The average molecular weight is 350 g/mol. The number of rotatable bonds is 6. The number of carbonyl (C=O) groups is 2. The highest BCUT2D eigenvalue weighted by Gasteiger charge is 2.21. The molecular weight excluding hydrogens is 332 g/mol. The number of benzene rings is 2. The zero-order valence-corrected chi connectivity index (χ0v) is 13.8. The third-order valence-electron chi connectivity index (χ3n) is 3.86. The summed E-state index contributed by atoms with van der Waals surface area (Å²) in [5.41, 5.74) is 3.24. The molecule has 1 atom stereocenters. The molecule has 0 aliphatic carbocycles. The molecule has 3 rings (SSSR count). The van der Waals surface area contributed by atoms with Crippen LogP contribution in [0.2, 0.25) is 0 Å². The van der Waals surface area contributed by atoms with Gasteiger partial charge >= 0.3 is 6.09 Å². The Morgan fingerprint density at radius 3 is 2.58 bits per heavy atom. The molecule has 0 radical (unpaired) electrons. The van der Waals surface area contributed by atoms with E-state index in [0.29, 0.717) is 5.69 Å². The molecule has 0 saturated heterocycles. The second-order valence-corrected chi connectivity index (χ2v) is 5.75. The molecule has 1 unspecified atom stereocenters. The summed E-state index contributed by atoms with van der Waals surface area (Å²) in [6.07, 6.45) is 2.46. The Bertz CT molecular complexity index is 879. The molecule has 0 saturated carbocycles. The van der Waals surface area contributed by atoms with E-state index in [2.05, 4.69) is 20.8 Å². The molecule has 7 nitrogen and oxygen atoms in total. The van der Waals surface area contributed by atoms with Gasteiger partial charge in [-0.25, -0.2) is 4.79 Å². The summed E-state index contributed by atoms with van der Waals surface area (Å²) >= 11 is 0. The van der Waals surface area contributed by atoms with Gasteiger partial charge in [0.1, 0.15) is 6.04 Å². The lowest BCUT2D eigenvalue weighted by atomic mass is 10.0. The number of nitrogens with one attached hydrogen (secondary N) is 3. The lowest BCUT2D eigenvalue weighted by Gasteiger charge is -2.17. The Morgan fingerprint density at radius 2 is 1.88 bits per heavy atom. The van der Waals surface area contributed by atoms with Gasteiger partial charge in [0.25, 0.3) is 0 Å². The van der Waals surface area contributed by atoms with Crippen LogP contribution in [-0.2, 0) is 11.2 Å². The van der Waals surface area contributed by atoms with Gasteiger partial charge in [0.15, 0.2) is 0 Å². The molecule has 2 amide bonds. The molecule has 0 spiro atoms. The van der Waals surface area contributed by atoms with Crippen molar-refractivity contribution in [2.75, 3.05) is 5.32 Å². The van der Waals surface area contributed by atoms with Crippen LogP contribution in [0.1, 0.15) is 5.56 Å². The second kappa shape index (κ2) is 7.98. The van der Waals surface area contributed by atoms with Gasteiger partial charge in [0.05, 0.1) is 6.20 Å². The van der Waals surface area contributed by atoms with E-state index in [1.54, 1.807) is 18.5 Å². The van der Waals surface area contributed by atoms with Crippen molar-refractivity contribution in [2.45, 2.75) is 12.5 Å². The highest BCUT2D eigenvalue weighted by atomic mass is 16.4. The van der Waals surface area contributed by atoms with Crippen LogP contribution in [0, 0.1) is 0 Å². The van der Waals surface area contributed by atoms with Crippen molar-refractivity contribution in [1.82, 2.24) is 15.5 Å². The number of nitrogens with zero attached hydrogens (tertiary/aromatic N) is 1. The summed E-state index contributed by atoms with van der Waals surface area (Å²) in [5.74, 6) is -0.416. The van der Waals surface area contributed by atoms with Crippen molar-refractivity contribution in [3.8, 4) is 11.1 Å². The number of hydrogen-bond donors (Lipinski definition) is 4. The topological polar surface area (TPSA) is 107 Å². The minimum absolute atomic E-state index is 0.264. The van der Waals surface area contributed by atoms with Crippen LogP contribution >= 0.6 is 0 Å². The van der Waals surface area contributed by atoms with E-state index in [0.717, 1.165) is 16.7 Å². The summed E-state index contributed by atoms with van der Waals surface area (Å²) < 4.78 is 0. The predicted octanol–water partition coefficient (Wildman–Crippen LogP) is 2.89. The fourth-order valence-corrected chi connectivity index (χ4v) is 2.62. The molecule has 3 aromatic rings. The maximum absolute atomic E-state index is 12.6. The van der Waals surface area contributed by atoms with Crippen LogP contribution in [0.3, 0.4) is 0 Å². The fourth-order valence-electron chi connectivity index (χ4n) is 2.62. The summed E-state index contributed by atoms with van der Waals surface area (Å²) in [5, 5.41) is 20.8. The largest absolute Gasteiger partial charge is 0.465 e. The SMILES string of the molecule is O=C(O)NC(Cc1ccccc1)C(=O)Nc1cccc(-c2cn[nH]c2)c1. The van der Waals surface area contributed by atoms with Gasteiger partial charge in [-0.05, 0) is 23.3 Å². The highest BCUT2D eigenvalue weighted by molar-refractivity contribution is 5.97. The Morgan fingerprint density at radius 1 is 1.08 bits per heavy atom. The number of hydrogen-bond acceptors (Lipinski definition) is 3. The molecule has 0 aliphatic rings. The molecule has 0 fully saturated rings. The van der Waals surface area contributed by atoms with Crippen LogP contribution in [0.5, 0.6) is 0 Å². The van der Waals surface area contributed by atoms with E-state index in [9.17, 15) is 9.59 Å². The van der Waals surface area contributed by atoms with E-state index >= 15 is 0 Å². The molecule has 26 heavy (non-hydrogen) atoms. The molecular formula is C19H18N4O3. The monoisotopic (exact) mass is 350 g/mol. The molecule has 4 N–H and O–H groups in total. The van der Waals surface area contributed by atoms with Gasteiger partial charge < -0.3 is 15.7 Å². The van der Waals surface area contributed by atoms with Gasteiger partial charge in [-0.2, -0.15) is 5.10 Å². The van der Waals surface area contributed by atoms with Crippen LogP contribution in [0.4, 0.5) is 10.5 Å². The molecule has 2 aromatic carbocycles. The maximum Gasteiger partial charge on any atom is 0.405 e. The maximum atomic E-state index is 12.6. The predicted molar refractivity (Wildman–Crippen MR) is 97.7 cm³/mol. The van der Waals surface area contributed by atoms with E-state index < -0.39 is 18.0 Å². The molecule has 1 aromatic heterocycles. The molecule has 132 valence electrons. The fraction of sp³-hybridized carbons (Fsp3) is 0.105. The van der Waals surface area contributed by atoms with Crippen molar-refractivity contribution < 1.29 is 14.7 Å². The highest BCUT2D eigenvalue weighted by Crippen LogP contribution is 2.21. The van der Waals surface area contributed by atoms with Crippen molar-refractivity contribution >= 4 is 17.7 Å². The molecule has 7 heteroatoms. The van der Waals surface area contributed by atoms with Crippen molar-refractivity contribution in [3.63, 3.8) is 0 Å². The Kier molecular flexibility index (Phi) is 5.28. The van der Waals surface area contributed by atoms with Gasteiger partial charge in [-0.3, -0.25) is 9.89 Å². The quantitative estimate of drug-likeness (QED) is 0.548. The number of amides is 2. The first-order valence-electron chi connectivity index (χ1n) is 8.05. The average Bonchev–Trinajstić information content (AvgIpc) is 3.17. The van der Waals surface area contributed by atoms with E-state index in [4.69, 9.17) is 5.11 Å². The number of aromatic nitrogens is 2. The summed E-state index contributed by atoms with van der Waals surface area (Å²) in [6, 6.07) is 15.6. The second-order valence-electron chi connectivity index (χ2n) is 5.75. The third kappa shape index (κ3) is 4.47. The zero-order chi connectivity index (χ0) is 18.4. The van der Waals surface area contributed by atoms with Gasteiger partial charge in [-0.15, -0.1) is 0 Å². The summed E-state index contributed by atoms with van der Waals surface area (Å²) in [6.45, 7) is 0. The molecule has 0 bridgehead atoms. The van der Waals surface area contributed by atoms with Crippen LogP contribution < -0.4 is 10.6 Å². The number of carbonyl (C=O) groups excluding carboxylic acids is 1. The van der Waals surface area contributed by atoms with Crippen LogP contribution in [-0.4, -0.2) is 33.3 Å². The molecule has 1 heterocycles. The summed E-state index contributed by atoms with van der Waals surface area (Å²) in [4.78, 5) is 23.7. The van der Waals surface area contributed by atoms with Gasteiger partial charge in [0.2, 0.25) is 5.91 Å². The first-order chi connectivity index (χ1) is 12.6. The van der Waals surface area contributed by atoms with Gasteiger partial charge in [0, 0.05) is 23.9 Å². The Labute approximate surface area is 150 Å². The number of carboxylic acid groups (broad SMARTS) is 1. The lowest BCUT2D eigenvalue weighted by Crippen LogP contribution is -2.44. The molecule has 0 aliphatic heterocycles. The van der Waals surface area contributed by atoms with E-state index in [1.165, 1.54) is 0 Å². The van der Waals surface area contributed by atoms with Gasteiger partial charge in [-0.1, -0.05) is 42.5 Å². The van der Waals surface area contributed by atoms with Crippen LogP contribution in [0.25, 0.3) is 11.1 Å². The normalized spacial score (nSPS) is 11.5. The smallest absolute Gasteiger partial charge is 0.405 e. The van der Waals surface area contributed by atoms with Crippen molar-refractivity contribution in [1.29, 1.82) is 0 Å². The number of anilines is 1. The minimum Gasteiger partial charge on any atom is -0.465 e. The lowest BCUT2D eigenvalue weighted by molar-refractivity contribution is -0.118. The Hall–Kier alpha value is -3.61. The number of H-pyrrole nitrogens is 1. The van der Waals surface area contributed by atoms with E-state index in [1.807, 2.05) is 48.5 Å². The Balaban J connectivity index is 1.75. The van der Waals surface area contributed by atoms with Crippen LogP contribution in [0.15, 0.2) is 67.0 Å². The first-order valence-corrected chi connectivity index (χ1v) is 8.05. The standard InChI is InChI=1S/C19H18N4O3/c24-18(17(23-19(25)26)9-13-5-2-1-3-6-13)22-16-8-4-7-14(10-16)15-11-20-21-12-15/h1-8,10-12,17,23H,9H2,(H,20,21)(H,22,24)(H,25,26). The minimum atomic E-state index is -1.24. The first kappa shape index (κ1) is 17.2. The number of aromatic amines is 1. The van der Waals surface area contributed by atoms with Crippen molar-refractivity contribution in [2.24, 2.45) is 0 Å². The third-order valence-corrected chi connectivity index (χ3v) is 3.86. The van der Waals surface area contributed by atoms with E-state index in [-0.39, 0.29) is 6.42 Å². The van der Waals surface area contributed by atoms with Crippen molar-refractivity contribution in [3.05, 3.63) is 72.6 Å². The zero-order valence-electron chi connectivity index (χ0n) is 13.8.